The fraction of sp³-hybridized carbons (Fsp3) is 0.833. The summed E-state index contributed by atoms with van der Waals surface area (Å²) in [5, 5.41) is 9.26. The molecule has 0 aliphatic carbocycles. The number of carboxylic acids is 1. The Balaban J connectivity index is 2.01. The summed E-state index contributed by atoms with van der Waals surface area (Å²) >= 11 is 0. The van der Waals surface area contributed by atoms with Crippen LogP contribution in [0.1, 0.15) is 32.6 Å². The van der Waals surface area contributed by atoms with E-state index in [-0.39, 0.29) is 12.0 Å². The molecule has 1 amide bonds. The van der Waals surface area contributed by atoms with Crippen LogP contribution in [0.25, 0.3) is 0 Å². The molecule has 2 aliphatic heterocycles. The fourth-order valence-corrected chi connectivity index (χ4v) is 2.65. The molecule has 2 heterocycles. The Morgan fingerprint density at radius 2 is 2.29 bits per heavy atom. The first kappa shape index (κ1) is 12.4. The molecule has 96 valence electrons. The van der Waals surface area contributed by atoms with E-state index in [1.54, 1.807) is 4.90 Å². The molecule has 0 spiro atoms. The van der Waals surface area contributed by atoms with E-state index < -0.39 is 11.4 Å². The molecule has 1 unspecified atom stereocenters. The molecule has 0 aromatic carbocycles. The van der Waals surface area contributed by atoms with Gasteiger partial charge in [-0.3, -0.25) is 9.59 Å². The number of carbonyl (C=O) groups excluding carboxylic acids is 1. The normalized spacial score (nSPS) is 33.0. The van der Waals surface area contributed by atoms with Crippen LogP contribution in [-0.4, -0.2) is 47.7 Å². The zero-order valence-electron chi connectivity index (χ0n) is 10.1. The van der Waals surface area contributed by atoms with Crippen LogP contribution in [0.4, 0.5) is 0 Å². The number of carbonyl (C=O) groups is 2. The van der Waals surface area contributed by atoms with Gasteiger partial charge in [0.25, 0.3) is 5.91 Å². The summed E-state index contributed by atoms with van der Waals surface area (Å²) < 4.78 is 5.35. The predicted molar refractivity (Wildman–Crippen MR) is 60.5 cm³/mol. The van der Waals surface area contributed by atoms with Gasteiger partial charge in [0.15, 0.2) is 0 Å². The Hall–Kier alpha value is -1.10. The maximum Gasteiger partial charge on any atom is 0.311 e. The smallest absolute Gasteiger partial charge is 0.311 e. The number of ether oxygens (including phenoxy) is 1. The lowest BCUT2D eigenvalue weighted by molar-refractivity contribution is -0.149. The van der Waals surface area contributed by atoms with Gasteiger partial charge in [-0.05, 0) is 25.7 Å². The molecule has 2 fully saturated rings. The molecule has 0 aromatic heterocycles. The lowest BCUT2D eigenvalue weighted by Gasteiger charge is -2.24. The van der Waals surface area contributed by atoms with E-state index in [2.05, 4.69) is 0 Å². The molecule has 5 nitrogen and oxygen atoms in total. The van der Waals surface area contributed by atoms with Gasteiger partial charge in [-0.1, -0.05) is 6.92 Å². The first-order valence-electron chi connectivity index (χ1n) is 6.23. The van der Waals surface area contributed by atoms with Crippen molar-refractivity contribution in [1.82, 2.24) is 4.90 Å². The molecule has 17 heavy (non-hydrogen) atoms. The van der Waals surface area contributed by atoms with E-state index in [9.17, 15) is 14.7 Å². The number of likely N-dealkylation sites (tertiary alicyclic amines) is 1. The molecule has 0 aromatic rings. The quantitative estimate of drug-likeness (QED) is 0.796. The highest BCUT2D eigenvalue weighted by Crippen LogP contribution is 2.35. The summed E-state index contributed by atoms with van der Waals surface area (Å²) in [6.07, 6.45) is 2.47. The monoisotopic (exact) mass is 241 g/mol. The molecule has 0 bridgehead atoms. The van der Waals surface area contributed by atoms with Gasteiger partial charge in [-0.25, -0.2) is 0 Å². The van der Waals surface area contributed by atoms with Crippen molar-refractivity contribution in [3.05, 3.63) is 0 Å². The molecule has 5 heteroatoms. The number of rotatable bonds is 3. The first-order chi connectivity index (χ1) is 8.09. The second kappa shape index (κ2) is 4.64. The average Bonchev–Trinajstić information content (AvgIpc) is 2.98. The number of aliphatic carboxylic acids is 1. The number of hydrogen-bond acceptors (Lipinski definition) is 3. The molecule has 0 saturated carbocycles. The van der Waals surface area contributed by atoms with Gasteiger partial charge in [-0.2, -0.15) is 0 Å². The van der Waals surface area contributed by atoms with E-state index in [1.807, 2.05) is 6.92 Å². The Kier molecular flexibility index (Phi) is 3.38. The summed E-state index contributed by atoms with van der Waals surface area (Å²) in [6.45, 7) is 3.38. The van der Waals surface area contributed by atoms with E-state index in [4.69, 9.17) is 4.74 Å². The topological polar surface area (TPSA) is 66.8 Å². The Morgan fingerprint density at radius 1 is 1.53 bits per heavy atom. The summed E-state index contributed by atoms with van der Waals surface area (Å²) in [7, 11) is 0. The first-order valence-corrected chi connectivity index (χ1v) is 6.23. The van der Waals surface area contributed by atoms with E-state index in [1.165, 1.54) is 0 Å². The Labute approximate surface area is 101 Å². The van der Waals surface area contributed by atoms with Crippen LogP contribution >= 0.6 is 0 Å². The van der Waals surface area contributed by atoms with E-state index in [0.717, 1.165) is 12.8 Å². The van der Waals surface area contributed by atoms with Gasteiger partial charge < -0.3 is 14.7 Å². The van der Waals surface area contributed by atoms with Gasteiger partial charge in [-0.15, -0.1) is 0 Å². The van der Waals surface area contributed by atoms with E-state index >= 15 is 0 Å². The number of nitrogens with zero attached hydrogens (tertiary/aromatic N) is 1. The Morgan fingerprint density at radius 3 is 2.76 bits per heavy atom. The van der Waals surface area contributed by atoms with Crippen molar-refractivity contribution in [2.24, 2.45) is 5.41 Å². The third-order valence-electron chi connectivity index (χ3n) is 4.00. The van der Waals surface area contributed by atoms with Crippen LogP contribution in [0, 0.1) is 5.41 Å². The third-order valence-corrected chi connectivity index (χ3v) is 4.00. The SMILES string of the molecule is CCC1(C(=O)O)CCN(C(=O)[C@@H]2CCCO2)C1. The third kappa shape index (κ3) is 2.16. The average molecular weight is 241 g/mol. The zero-order valence-corrected chi connectivity index (χ0v) is 10.1. The highest BCUT2D eigenvalue weighted by atomic mass is 16.5. The summed E-state index contributed by atoms with van der Waals surface area (Å²) in [5.74, 6) is -0.818. The molecule has 1 N–H and O–H groups in total. The van der Waals surface area contributed by atoms with Gasteiger partial charge in [0, 0.05) is 19.7 Å². The van der Waals surface area contributed by atoms with Crippen LogP contribution in [0.3, 0.4) is 0 Å². The van der Waals surface area contributed by atoms with Gasteiger partial charge in [0.05, 0.1) is 5.41 Å². The molecule has 2 rings (SSSR count). The van der Waals surface area contributed by atoms with Crippen molar-refractivity contribution in [2.75, 3.05) is 19.7 Å². The molecule has 0 radical (unpaired) electrons. The van der Waals surface area contributed by atoms with Crippen molar-refractivity contribution >= 4 is 11.9 Å². The van der Waals surface area contributed by atoms with Crippen molar-refractivity contribution in [3.8, 4) is 0 Å². The lowest BCUT2D eigenvalue weighted by atomic mass is 9.84. The minimum Gasteiger partial charge on any atom is -0.481 e. The highest BCUT2D eigenvalue weighted by molar-refractivity contribution is 5.83. The highest BCUT2D eigenvalue weighted by Gasteiger charge is 2.46. The van der Waals surface area contributed by atoms with Gasteiger partial charge in [0.2, 0.25) is 0 Å². The maximum absolute atomic E-state index is 12.1. The molecular weight excluding hydrogens is 222 g/mol. The van der Waals surface area contributed by atoms with Gasteiger partial charge >= 0.3 is 5.97 Å². The molecule has 2 aliphatic rings. The molecule has 2 atom stereocenters. The molecular formula is C12H19NO4. The maximum atomic E-state index is 12.1. The van der Waals surface area contributed by atoms with Crippen molar-refractivity contribution < 1.29 is 19.4 Å². The van der Waals surface area contributed by atoms with Crippen molar-refractivity contribution in [3.63, 3.8) is 0 Å². The summed E-state index contributed by atoms with van der Waals surface area (Å²) in [6, 6.07) is 0. The largest absolute Gasteiger partial charge is 0.481 e. The summed E-state index contributed by atoms with van der Waals surface area (Å²) in [5.41, 5.74) is -0.742. The minimum absolute atomic E-state index is 0.0286. The van der Waals surface area contributed by atoms with Crippen molar-refractivity contribution in [1.29, 1.82) is 0 Å². The van der Waals surface area contributed by atoms with E-state index in [0.29, 0.717) is 32.5 Å². The predicted octanol–water partition coefficient (Wildman–Crippen LogP) is 0.879. The number of hydrogen-bond donors (Lipinski definition) is 1. The minimum atomic E-state index is -0.789. The van der Waals surface area contributed by atoms with Crippen LogP contribution < -0.4 is 0 Å². The zero-order chi connectivity index (χ0) is 12.5. The fourth-order valence-electron chi connectivity index (χ4n) is 2.65. The van der Waals surface area contributed by atoms with Crippen LogP contribution in [-0.2, 0) is 14.3 Å². The number of amides is 1. The Bertz CT molecular complexity index is 324. The second-order valence-corrected chi connectivity index (χ2v) is 4.95. The standard InChI is InChI=1S/C12H19NO4/c1-2-12(11(15)16)5-6-13(8-12)10(14)9-4-3-7-17-9/h9H,2-8H2,1H3,(H,15,16)/t9-,12?/m0/s1. The lowest BCUT2D eigenvalue weighted by Crippen LogP contribution is -2.40. The summed E-state index contributed by atoms with van der Waals surface area (Å²) in [4.78, 5) is 25.0. The van der Waals surface area contributed by atoms with Gasteiger partial charge in [0.1, 0.15) is 6.10 Å². The van der Waals surface area contributed by atoms with Crippen LogP contribution in [0.2, 0.25) is 0 Å². The molecule has 2 saturated heterocycles. The second-order valence-electron chi connectivity index (χ2n) is 4.95. The number of carboxylic acid groups (broad SMARTS) is 1. The van der Waals surface area contributed by atoms with Crippen LogP contribution in [0.15, 0.2) is 0 Å². The van der Waals surface area contributed by atoms with Crippen LogP contribution in [0.5, 0.6) is 0 Å². The van der Waals surface area contributed by atoms with Crippen molar-refractivity contribution in [2.45, 2.75) is 38.7 Å².